The first-order chi connectivity index (χ1) is 13.1. The molecule has 146 valence electrons. The molecule has 1 saturated carbocycles. The van der Waals surface area contributed by atoms with Gasteiger partial charge in [0.1, 0.15) is 6.10 Å². The number of hydrogen-bond acceptors (Lipinski definition) is 6. The van der Waals surface area contributed by atoms with Gasteiger partial charge in [0.05, 0.1) is 12.1 Å². The fourth-order valence-electron chi connectivity index (χ4n) is 4.30. The van der Waals surface area contributed by atoms with Gasteiger partial charge in [-0.25, -0.2) is 4.98 Å². The highest BCUT2D eigenvalue weighted by molar-refractivity contribution is 5.60. The van der Waals surface area contributed by atoms with Gasteiger partial charge in [0.2, 0.25) is 17.6 Å². The zero-order valence-corrected chi connectivity index (χ0v) is 16.5. The van der Waals surface area contributed by atoms with Crippen molar-refractivity contribution in [3.63, 3.8) is 0 Å². The molecule has 0 radical (unpaired) electrons. The summed E-state index contributed by atoms with van der Waals surface area (Å²) >= 11 is 0. The van der Waals surface area contributed by atoms with Crippen molar-refractivity contribution in [3.8, 4) is 17.3 Å². The summed E-state index contributed by atoms with van der Waals surface area (Å²) in [6, 6.07) is 3.86. The molecule has 0 spiro atoms. The van der Waals surface area contributed by atoms with Crippen LogP contribution in [-0.4, -0.2) is 39.2 Å². The van der Waals surface area contributed by atoms with E-state index < -0.39 is 0 Å². The van der Waals surface area contributed by atoms with Crippen LogP contribution in [0.1, 0.15) is 64.7 Å². The average Bonchev–Trinajstić information content (AvgIpc) is 3.10. The lowest BCUT2D eigenvalue weighted by atomic mass is 9.84. The van der Waals surface area contributed by atoms with Crippen molar-refractivity contribution in [2.45, 2.75) is 71.4 Å². The molecule has 0 amide bonds. The van der Waals surface area contributed by atoms with Gasteiger partial charge in [-0.15, -0.1) is 0 Å². The summed E-state index contributed by atoms with van der Waals surface area (Å²) in [7, 11) is 0. The highest BCUT2D eigenvalue weighted by Gasteiger charge is 2.27. The molecule has 3 heterocycles. The Morgan fingerprint density at radius 3 is 2.89 bits per heavy atom. The number of ether oxygens (including phenoxy) is 1. The van der Waals surface area contributed by atoms with Crippen LogP contribution in [0.2, 0.25) is 0 Å². The van der Waals surface area contributed by atoms with Gasteiger partial charge in [0, 0.05) is 12.7 Å². The molecule has 0 bridgehead atoms. The molecule has 1 saturated heterocycles. The van der Waals surface area contributed by atoms with E-state index in [4.69, 9.17) is 9.26 Å². The number of likely N-dealkylation sites (tertiary alicyclic amines) is 1. The van der Waals surface area contributed by atoms with E-state index in [2.05, 4.69) is 33.9 Å². The molecule has 6 nitrogen and oxygen atoms in total. The van der Waals surface area contributed by atoms with Crippen molar-refractivity contribution in [2.75, 3.05) is 13.1 Å². The third-order valence-electron chi connectivity index (χ3n) is 5.65. The maximum atomic E-state index is 6.18. The Hall–Kier alpha value is -1.95. The third-order valence-corrected chi connectivity index (χ3v) is 5.65. The van der Waals surface area contributed by atoms with Crippen LogP contribution in [-0.2, 0) is 6.54 Å². The maximum absolute atomic E-state index is 6.18. The lowest BCUT2D eigenvalue weighted by molar-refractivity contribution is 0.101. The number of nitrogens with zero attached hydrogens (tertiary/aromatic N) is 4. The number of rotatable bonds is 5. The van der Waals surface area contributed by atoms with E-state index >= 15 is 0 Å². The van der Waals surface area contributed by atoms with E-state index in [1.165, 1.54) is 32.1 Å². The molecule has 2 aromatic heterocycles. The zero-order chi connectivity index (χ0) is 18.7. The van der Waals surface area contributed by atoms with Crippen molar-refractivity contribution in [1.29, 1.82) is 0 Å². The fraction of sp³-hybridized carbons (Fsp3) is 0.667. The first kappa shape index (κ1) is 18.4. The molecule has 0 aromatic carbocycles. The summed E-state index contributed by atoms with van der Waals surface area (Å²) in [5, 5.41) is 4.21. The Kier molecular flexibility index (Phi) is 5.43. The molecule has 0 unspecified atom stereocenters. The number of hydrogen-bond donors (Lipinski definition) is 0. The van der Waals surface area contributed by atoms with Crippen LogP contribution in [0.15, 0.2) is 22.9 Å². The molecule has 2 aromatic rings. The van der Waals surface area contributed by atoms with E-state index in [0.29, 0.717) is 29.6 Å². The molecule has 4 rings (SSSR count). The quantitative estimate of drug-likeness (QED) is 0.774. The van der Waals surface area contributed by atoms with Crippen LogP contribution in [0.5, 0.6) is 5.88 Å². The van der Waals surface area contributed by atoms with E-state index in [1.807, 2.05) is 12.1 Å². The molecular weight excluding hydrogens is 340 g/mol. The second-order valence-corrected chi connectivity index (χ2v) is 8.72. The molecule has 2 fully saturated rings. The largest absolute Gasteiger partial charge is 0.474 e. The van der Waals surface area contributed by atoms with Crippen molar-refractivity contribution in [2.24, 2.45) is 5.41 Å². The van der Waals surface area contributed by atoms with Crippen LogP contribution in [0, 0.1) is 5.41 Å². The summed E-state index contributed by atoms with van der Waals surface area (Å²) in [6.07, 6.45) is 10.4. The van der Waals surface area contributed by atoms with Crippen LogP contribution in [0.4, 0.5) is 0 Å². The standard InChI is InChI=1S/C21H30N4O2/c1-21(2)11-7-13-25(15-21)14-18-23-19(24-27-18)17-10-6-12-22-20(17)26-16-8-4-3-5-9-16/h6,10,12,16H,3-5,7-9,11,13-15H2,1-2H3. The van der Waals surface area contributed by atoms with Gasteiger partial charge in [-0.2, -0.15) is 4.98 Å². The Morgan fingerprint density at radius 2 is 2.07 bits per heavy atom. The lowest BCUT2D eigenvalue weighted by Crippen LogP contribution is -2.39. The minimum absolute atomic E-state index is 0.245. The van der Waals surface area contributed by atoms with E-state index in [0.717, 1.165) is 31.5 Å². The number of pyridine rings is 1. The Morgan fingerprint density at radius 1 is 1.22 bits per heavy atom. The summed E-state index contributed by atoms with van der Waals surface area (Å²) in [6.45, 7) is 7.50. The molecular formula is C21H30N4O2. The van der Waals surface area contributed by atoms with Gasteiger partial charge in [-0.1, -0.05) is 25.4 Å². The fourth-order valence-corrected chi connectivity index (χ4v) is 4.30. The van der Waals surface area contributed by atoms with Gasteiger partial charge in [0.25, 0.3) is 0 Å². The molecule has 1 aliphatic carbocycles. The molecule has 2 aliphatic rings. The summed E-state index contributed by atoms with van der Waals surface area (Å²) in [5.41, 5.74) is 1.17. The van der Waals surface area contributed by atoms with Crippen molar-refractivity contribution in [1.82, 2.24) is 20.0 Å². The van der Waals surface area contributed by atoms with Crippen LogP contribution < -0.4 is 4.74 Å². The lowest BCUT2D eigenvalue weighted by Gasteiger charge is -2.37. The van der Waals surface area contributed by atoms with Gasteiger partial charge in [-0.3, -0.25) is 4.90 Å². The molecule has 1 aliphatic heterocycles. The van der Waals surface area contributed by atoms with Crippen molar-refractivity contribution >= 4 is 0 Å². The third kappa shape index (κ3) is 4.67. The molecule has 6 heteroatoms. The second kappa shape index (κ2) is 7.97. The summed E-state index contributed by atoms with van der Waals surface area (Å²) in [4.78, 5) is 11.5. The van der Waals surface area contributed by atoms with Crippen LogP contribution in [0.25, 0.3) is 11.4 Å². The summed E-state index contributed by atoms with van der Waals surface area (Å²) < 4.78 is 11.7. The van der Waals surface area contributed by atoms with Gasteiger partial charge in [0.15, 0.2) is 0 Å². The number of aromatic nitrogens is 3. The van der Waals surface area contributed by atoms with Crippen molar-refractivity contribution in [3.05, 3.63) is 24.2 Å². The molecule has 0 N–H and O–H groups in total. The first-order valence-electron chi connectivity index (χ1n) is 10.3. The highest BCUT2D eigenvalue weighted by Crippen LogP contribution is 2.31. The smallest absolute Gasteiger partial charge is 0.241 e. The highest BCUT2D eigenvalue weighted by atomic mass is 16.5. The number of piperidine rings is 1. The Bertz CT molecular complexity index is 752. The van der Waals surface area contributed by atoms with Gasteiger partial charge in [-0.05, 0) is 62.6 Å². The minimum Gasteiger partial charge on any atom is -0.474 e. The van der Waals surface area contributed by atoms with Gasteiger partial charge >= 0.3 is 0 Å². The first-order valence-corrected chi connectivity index (χ1v) is 10.3. The predicted molar refractivity (Wildman–Crippen MR) is 103 cm³/mol. The Labute approximate surface area is 161 Å². The Balaban J connectivity index is 1.46. The average molecular weight is 370 g/mol. The maximum Gasteiger partial charge on any atom is 0.241 e. The second-order valence-electron chi connectivity index (χ2n) is 8.72. The van der Waals surface area contributed by atoms with Gasteiger partial charge < -0.3 is 9.26 Å². The van der Waals surface area contributed by atoms with Crippen LogP contribution >= 0.6 is 0 Å². The summed E-state index contributed by atoms with van der Waals surface area (Å²) in [5.74, 6) is 1.85. The van der Waals surface area contributed by atoms with E-state index in [9.17, 15) is 0 Å². The minimum atomic E-state index is 0.245. The molecule has 0 atom stereocenters. The van der Waals surface area contributed by atoms with Crippen molar-refractivity contribution < 1.29 is 9.26 Å². The predicted octanol–water partition coefficient (Wildman–Crippen LogP) is 4.47. The molecule has 27 heavy (non-hydrogen) atoms. The SMILES string of the molecule is CC1(C)CCCN(Cc2nc(-c3cccnc3OC3CCCCC3)no2)C1. The monoisotopic (exact) mass is 370 g/mol. The van der Waals surface area contributed by atoms with Crippen LogP contribution in [0.3, 0.4) is 0 Å². The normalized spacial score (nSPS) is 21.3. The topological polar surface area (TPSA) is 64.3 Å². The van der Waals surface area contributed by atoms with E-state index in [1.54, 1.807) is 6.20 Å². The van der Waals surface area contributed by atoms with E-state index in [-0.39, 0.29) is 6.10 Å². The zero-order valence-electron chi connectivity index (χ0n) is 16.5.